The first-order valence-electron chi connectivity index (χ1n) is 6.18. The number of hydrogen-bond donors (Lipinski definition) is 0. The molecule has 0 bridgehead atoms. The van der Waals surface area contributed by atoms with Gasteiger partial charge in [-0.15, -0.1) is 0 Å². The number of ketones is 2. The van der Waals surface area contributed by atoms with Crippen LogP contribution >= 0.6 is 0 Å². The minimum Gasteiger partial charge on any atom is -0.469 e. The molecule has 0 aromatic heterocycles. The van der Waals surface area contributed by atoms with Gasteiger partial charge in [0.15, 0.2) is 11.6 Å². The number of hydrogen-bond acceptors (Lipinski definition) is 4. The van der Waals surface area contributed by atoms with Crippen LogP contribution in [0.25, 0.3) is 0 Å². The quantitative estimate of drug-likeness (QED) is 0.580. The third-order valence-corrected chi connectivity index (χ3v) is 3.68. The normalized spacial score (nSPS) is 17.2. The lowest BCUT2D eigenvalue weighted by Gasteiger charge is -2.30. The van der Waals surface area contributed by atoms with Gasteiger partial charge < -0.3 is 4.74 Å². The van der Waals surface area contributed by atoms with E-state index in [-0.39, 0.29) is 18.0 Å². The maximum atomic E-state index is 12.4. The van der Waals surface area contributed by atoms with Crippen molar-refractivity contribution in [3.05, 3.63) is 22.3 Å². The SMILES string of the molecule is COC(=O)CC(C)(C)C1=C(C)C(=O)C(C)=C(C)C1=O. The Morgan fingerprint density at radius 2 is 1.47 bits per heavy atom. The Morgan fingerprint density at radius 3 is 1.95 bits per heavy atom. The number of rotatable bonds is 3. The smallest absolute Gasteiger partial charge is 0.306 e. The molecule has 1 rings (SSSR count). The highest BCUT2D eigenvalue weighted by Crippen LogP contribution is 2.38. The van der Waals surface area contributed by atoms with Crippen LogP contribution in [-0.4, -0.2) is 24.6 Å². The maximum absolute atomic E-state index is 12.4. The predicted octanol–water partition coefficient (Wildman–Crippen LogP) is 2.38. The summed E-state index contributed by atoms with van der Waals surface area (Å²) >= 11 is 0. The molecule has 19 heavy (non-hydrogen) atoms. The highest BCUT2D eigenvalue weighted by molar-refractivity contribution is 6.25. The van der Waals surface area contributed by atoms with Gasteiger partial charge in [-0.1, -0.05) is 13.8 Å². The number of Topliss-reactive ketones (excluding diaryl/α,β-unsaturated/α-hetero) is 2. The number of esters is 1. The van der Waals surface area contributed by atoms with E-state index in [1.165, 1.54) is 7.11 Å². The van der Waals surface area contributed by atoms with Crippen molar-refractivity contribution in [1.29, 1.82) is 0 Å². The van der Waals surface area contributed by atoms with E-state index in [1.807, 2.05) is 0 Å². The van der Waals surface area contributed by atoms with Gasteiger partial charge in [-0.2, -0.15) is 0 Å². The van der Waals surface area contributed by atoms with E-state index < -0.39 is 11.4 Å². The Bertz CT molecular complexity index is 518. The number of ether oxygens (including phenoxy) is 1. The van der Waals surface area contributed by atoms with Crippen molar-refractivity contribution in [3.8, 4) is 0 Å². The lowest BCUT2D eigenvalue weighted by Crippen LogP contribution is -2.31. The summed E-state index contributed by atoms with van der Waals surface area (Å²) in [6, 6.07) is 0. The third kappa shape index (κ3) is 2.67. The van der Waals surface area contributed by atoms with Crippen molar-refractivity contribution in [1.82, 2.24) is 0 Å². The zero-order valence-corrected chi connectivity index (χ0v) is 12.3. The molecule has 0 N–H and O–H groups in total. The van der Waals surface area contributed by atoms with Gasteiger partial charge in [-0.05, 0) is 20.8 Å². The van der Waals surface area contributed by atoms with Gasteiger partial charge in [0.05, 0.1) is 13.5 Å². The molecule has 0 heterocycles. The number of carbonyl (C=O) groups is 3. The Hall–Kier alpha value is -1.71. The zero-order valence-electron chi connectivity index (χ0n) is 12.3. The standard InChI is InChI=1S/C15H20O4/c1-8-9(2)14(18)12(10(3)13(8)17)15(4,5)7-11(16)19-6/h7H2,1-6H3. The second-order valence-electron chi connectivity index (χ2n) is 5.55. The molecule has 4 heteroatoms. The molecule has 1 aliphatic carbocycles. The fraction of sp³-hybridized carbons (Fsp3) is 0.533. The largest absolute Gasteiger partial charge is 0.469 e. The molecule has 0 unspecified atom stereocenters. The molecular formula is C15H20O4. The second kappa shape index (κ2) is 5.11. The average Bonchev–Trinajstić information content (AvgIpc) is 2.33. The van der Waals surface area contributed by atoms with Gasteiger partial charge in [-0.3, -0.25) is 14.4 Å². The van der Waals surface area contributed by atoms with Crippen molar-refractivity contribution in [3.63, 3.8) is 0 Å². The summed E-state index contributed by atoms with van der Waals surface area (Å²) in [5, 5.41) is 0. The van der Waals surface area contributed by atoms with Gasteiger partial charge in [0.2, 0.25) is 0 Å². The summed E-state index contributed by atoms with van der Waals surface area (Å²) in [6.07, 6.45) is 0.0710. The third-order valence-electron chi connectivity index (χ3n) is 3.68. The Morgan fingerprint density at radius 1 is 1.00 bits per heavy atom. The van der Waals surface area contributed by atoms with E-state index in [0.29, 0.717) is 22.3 Å². The van der Waals surface area contributed by atoms with E-state index >= 15 is 0 Å². The summed E-state index contributed by atoms with van der Waals surface area (Å²) < 4.78 is 4.65. The molecule has 0 spiro atoms. The van der Waals surface area contributed by atoms with Gasteiger partial charge >= 0.3 is 5.97 Å². The van der Waals surface area contributed by atoms with E-state index in [9.17, 15) is 14.4 Å². The number of carbonyl (C=O) groups excluding carboxylic acids is 3. The van der Waals surface area contributed by atoms with E-state index in [0.717, 1.165) is 0 Å². The predicted molar refractivity (Wildman–Crippen MR) is 71.5 cm³/mol. The zero-order chi connectivity index (χ0) is 15.0. The molecule has 104 valence electrons. The van der Waals surface area contributed by atoms with Crippen LogP contribution in [0.5, 0.6) is 0 Å². The van der Waals surface area contributed by atoms with E-state index in [1.54, 1.807) is 34.6 Å². The molecule has 0 aromatic rings. The Labute approximate surface area is 113 Å². The van der Waals surface area contributed by atoms with Crippen LogP contribution in [0.2, 0.25) is 0 Å². The average molecular weight is 264 g/mol. The lowest BCUT2D eigenvalue weighted by molar-refractivity contribution is -0.142. The monoisotopic (exact) mass is 264 g/mol. The summed E-state index contributed by atoms with van der Waals surface area (Å²) in [6.45, 7) is 8.51. The van der Waals surface area contributed by atoms with Crippen LogP contribution in [0.3, 0.4) is 0 Å². The van der Waals surface area contributed by atoms with Gasteiger partial charge in [0.25, 0.3) is 0 Å². The molecule has 4 nitrogen and oxygen atoms in total. The van der Waals surface area contributed by atoms with Crippen LogP contribution in [0.15, 0.2) is 22.3 Å². The van der Waals surface area contributed by atoms with Crippen LogP contribution in [0.4, 0.5) is 0 Å². The van der Waals surface area contributed by atoms with Gasteiger partial charge in [0, 0.05) is 27.7 Å². The van der Waals surface area contributed by atoms with Crippen LogP contribution in [-0.2, 0) is 19.1 Å². The molecule has 0 fully saturated rings. The van der Waals surface area contributed by atoms with Gasteiger partial charge in [0.1, 0.15) is 0 Å². The van der Waals surface area contributed by atoms with Crippen molar-refractivity contribution in [2.24, 2.45) is 5.41 Å². The van der Waals surface area contributed by atoms with E-state index in [2.05, 4.69) is 4.74 Å². The summed E-state index contributed by atoms with van der Waals surface area (Å²) in [4.78, 5) is 36.0. The van der Waals surface area contributed by atoms with Gasteiger partial charge in [-0.25, -0.2) is 0 Å². The molecule has 0 aromatic carbocycles. The molecular weight excluding hydrogens is 244 g/mol. The van der Waals surface area contributed by atoms with Crippen molar-refractivity contribution >= 4 is 17.5 Å². The second-order valence-corrected chi connectivity index (χ2v) is 5.55. The summed E-state index contributed by atoms with van der Waals surface area (Å²) in [5.41, 5.74) is 1.09. The number of allylic oxidation sites excluding steroid dienone is 4. The fourth-order valence-electron chi connectivity index (χ4n) is 2.43. The Kier molecular flexibility index (Phi) is 4.13. The first-order chi connectivity index (χ1) is 8.63. The minimum absolute atomic E-state index is 0.0710. The van der Waals surface area contributed by atoms with Crippen LogP contribution in [0.1, 0.15) is 41.0 Å². The molecule has 0 saturated heterocycles. The molecule has 0 saturated carbocycles. The minimum atomic E-state index is -0.716. The number of methoxy groups -OCH3 is 1. The highest BCUT2D eigenvalue weighted by Gasteiger charge is 2.38. The first kappa shape index (κ1) is 15.3. The van der Waals surface area contributed by atoms with Crippen molar-refractivity contribution in [2.45, 2.75) is 41.0 Å². The fourth-order valence-corrected chi connectivity index (χ4v) is 2.43. The lowest BCUT2D eigenvalue weighted by atomic mass is 9.71. The van der Waals surface area contributed by atoms with Crippen LogP contribution in [0, 0.1) is 5.41 Å². The molecule has 0 radical (unpaired) electrons. The molecule has 0 aliphatic heterocycles. The maximum Gasteiger partial charge on any atom is 0.306 e. The molecule has 0 amide bonds. The Balaban J connectivity index is 3.29. The summed E-state index contributed by atoms with van der Waals surface area (Å²) in [5.74, 6) is -0.664. The topological polar surface area (TPSA) is 60.4 Å². The summed E-state index contributed by atoms with van der Waals surface area (Å²) in [7, 11) is 1.31. The first-order valence-corrected chi connectivity index (χ1v) is 6.18. The van der Waals surface area contributed by atoms with Crippen molar-refractivity contribution < 1.29 is 19.1 Å². The highest BCUT2D eigenvalue weighted by atomic mass is 16.5. The van der Waals surface area contributed by atoms with Crippen molar-refractivity contribution in [2.75, 3.05) is 7.11 Å². The van der Waals surface area contributed by atoms with Crippen LogP contribution < -0.4 is 0 Å². The van der Waals surface area contributed by atoms with E-state index in [4.69, 9.17) is 0 Å². The molecule has 1 aliphatic rings. The molecule has 0 atom stereocenters.